The summed E-state index contributed by atoms with van der Waals surface area (Å²) in [5.41, 5.74) is 6.56. The Hall–Kier alpha value is -2.94. The quantitative estimate of drug-likeness (QED) is 0.365. The monoisotopic (exact) mass is 465 g/mol. The Kier molecular flexibility index (Phi) is 11.6. The van der Waals surface area contributed by atoms with E-state index in [9.17, 15) is 19.2 Å². The summed E-state index contributed by atoms with van der Waals surface area (Å²) >= 11 is 0. The second kappa shape index (κ2) is 13.6. The molecule has 2 N–H and O–H groups in total. The summed E-state index contributed by atoms with van der Waals surface area (Å²) in [7, 11) is 0. The molecule has 1 rings (SSSR count). The Balaban J connectivity index is 2.94. The maximum Gasteiger partial charge on any atom is 0.323 e. The van der Waals surface area contributed by atoms with Crippen molar-refractivity contribution in [2.24, 2.45) is 17.6 Å². The van der Waals surface area contributed by atoms with Gasteiger partial charge in [-0.25, -0.2) is 0 Å². The lowest BCUT2D eigenvalue weighted by Crippen LogP contribution is -2.37. The van der Waals surface area contributed by atoms with Gasteiger partial charge in [0.1, 0.15) is 18.8 Å². The number of hydrogen-bond acceptors (Lipinski definition) is 9. The van der Waals surface area contributed by atoms with Crippen LogP contribution in [-0.2, 0) is 35.1 Å². The highest BCUT2D eigenvalue weighted by atomic mass is 16.6. The average molecular weight is 466 g/mol. The van der Waals surface area contributed by atoms with Crippen LogP contribution in [0.1, 0.15) is 59.9 Å². The van der Waals surface area contributed by atoms with Crippen molar-refractivity contribution < 1.29 is 38.1 Å². The van der Waals surface area contributed by atoms with Crippen LogP contribution in [0.25, 0.3) is 0 Å². The second-order valence-electron chi connectivity index (χ2n) is 8.79. The predicted octanol–water partition coefficient (Wildman–Crippen LogP) is 2.95. The summed E-state index contributed by atoms with van der Waals surface area (Å²) in [6, 6.07) is 3.66. The van der Waals surface area contributed by atoms with Crippen molar-refractivity contribution in [3.63, 3.8) is 0 Å². The fourth-order valence-corrected chi connectivity index (χ4v) is 2.73. The molecule has 0 aliphatic heterocycles. The summed E-state index contributed by atoms with van der Waals surface area (Å²) in [6.45, 7) is 10.3. The Morgan fingerprint density at radius 2 is 1.42 bits per heavy atom. The van der Waals surface area contributed by atoms with Gasteiger partial charge in [-0.05, 0) is 42.9 Å². The Labute approximate surface area is 194 Å². The van der Waals surface area contributed by atoms with E-state index in [1.54, 1.807) is 13.0 Å². The minimum atomic E-state index is -1.00. The van der Waals surface area contributed by atoms with Crippen molar-refractivity contribution in [1.29, 1.82) is 0 Å². The van der Waals surface area contributed by atoms with Gasteiger partial charge in [-0.1, -0.05) is 33.8 Å². The normalized spacial score (nSPS) is 12.8. The van der Waals surface area contributed by atoms with Gasteiger partial charge in [0.15, 0.2) is 11.5 Å². The van der Waals surface area contributed by atoms with E-state index < -0.39 is 36.0 Å². The largest absolute Gasteiger partial charge is 0.462 e. The maximum atomic E-state index is 12.3. The topological polar surface area (TPSA) is 131 Å². The smallest absolute Gasteiger partial charge is 0.323 e. The third kappa shape index (κ3) is 11.5. The van der Waals surface area contributed by atoms with Gasteiger partial charge in [-0.2, -0.15) is 0 Å². The molecule has 0 saturated carbocycles. The summed E-state index contributed by atoms with van der Waals surface area (Å²) in [5.74, 6) is -1.66. The molecule has 0 spiro atoms. The number of hydrogen-bond donors (Lipinski definition) is 1. The van der Waals surface area contributed by atoms with Crippen molar-refractivity contribution in [2.75, 3.05) is 6.61 Å². The lowest BCUT2D eigenvalue weighted by molar-refractivity contribution is -0.157. The number of nitrogens with two attached hydrogens (primary N) is 1. The van der Waals surface area contributed by atoms with Crippen LogP contribution >= 0.6 is 0 Å². The molecule has 0 amide bonds. The lowest BCUT2D eigenvalue weighted by Gasteiger charge is -2.17. The number of benzene rings is 1. The molecule has 9 heteroatoms. The molecule has 1 aromatic carbocycles. The first-order chi connectivity index (χ1) is 15.4. The van der Waals surface area contributed by atoms with Crippen LogP contribution in [0.5, 0.6) is 11.5 Å². The molecule has 184 valence electrons. The minimum Gasteiger partial charge on any atom is -0.462 e. The van der Waals surface area contributed by atoms with Crippen LogP contribution in [0.2, 0.25) is 0 Å². The van der Waals surface area contributed by atoms with Crippen LogP contribution in [0.4, 0.5) is 0 Å². The lowest BCUT2D eigenvalue weighted by atomic mass is 10.1. The fraction of sp³-hybridized carbons (Fsp3) is 0.583. The SMILES string of the molecule is CC(=O)OC[C@@H](C)OC(=O)[C@@H](N)Cc1ccc(OC(=O)CC(C)C)c(OC(=O)CC(C)C)c1. The Morgan fingerprint density at radius 3 is 1.94 bits per heavy atom. The van der Waals surface area contributed by atoms with E-state index in [1.807, 2.05) is 27.7 Å². The van der Waals surface area contributed by atoms with Gasteiger partial charge in [-0.3, -0.25) is 19.2 Å². The van der Waals surface area contributed by atoms with Crippen molar-refractivity contribution in [3.8, 4) is 11.5 Å². The van der Waals surface area contributed by atoms with E-state index >= 15 is 0 Å². The third-order valence-electron chi connectivity index (χ3n) is 4.20. The first-order valence-corrected chi connectivity index (χ1v) is 11.0. The fourth-order valence-electron chi connectivity index (χ4n) is 2.73. The van der Waals surface area contributed by atoms with Crippen molar-refractivity contribution in [1.82, 2.24) is 0 Å². The first-order valence-electron chi connectivity index (χ1n) is 11.0. The Bertz CT molecular complexity index is 834. The summed E-state index contributed by atoms with van der Waals surface area (Å²) in [5, 5.41) is 0. The van der Waals surface area contributed by atoms with E-state index in [1.165, 1.54) is 19.1 Å². The van der Waals surface area contributed by atoms with E-state index in [2.05, 4.69) is 0 Å². The number of ether oxygens (including phenoxy) is 4. The van der Waals surface area contributed by atoms with Gasteiger partial charge in [0, 0.05) is 19.8 Å². The number of rotatable bonds is 12. The molecule has 0 saturated heterocycles. The zero-order valence-electron chi connectivity index (χ0n) is 20.2. The molecule has 0 fully saturated rings. The zero-order valence-corrected chi connectivity index (χ0v) is 20.2. The van der Waals surface area contributed by atoms with Crippen LogP contribution in [0.3, 0.4) is 0 Å². The highest BCUT2D eigenvalue weighted by Gasteiger charge is 2.21. The van der Waals surface area contributed by atoms with Gasteiger partial charge in [0.05, 0.1) is 0 Å². The standard InChI is InChI=1S/C24H35NO8/c1-14(2)9-22(27)32-20-8-7-18(12-21(20)33-23(28)10-15(3)4)11-19(25)24(29)31-16(5)13-30-17(6)26/h7-8,12,14-16,19H,9-11,13,25H2,1-6H3/t16-,19+/m1/s1. The number of esters is 4. The van der Waals surface area contributed by atoms with E-state index in [-0.39, 0.29) is 49.2 Å². The van der Waals surface area contributed by atoms with Gasteiger partial charge >= 0.3 is 23.9 Å². The summed E-state index contributed by atoms with van der Waals surface area (Å²) in [6.07, 6.45) is -0.157. The van der Waals surface area contributed by atoms with E-state index in [0.29, 0.717) is 5.56 Å². The number of carbonyl (C=O) groups is 4. The summed E-state index contributed by atoms with van der Waals surface area (Å²) < 4.78 is 20.8. The molecular weight excluding hydrogens is 430 g/mol. The summed E-state index contributed by atoms with van der Waals surface area (Å²) in [4.78, 5) is 47.5. The van der Waals surface area contributed by atoms with Crippen LogP contribution in [0.15, 0.2) is 18.2 Å². The molecule has 0 bridgehead atoms. The predicted molar refractivity (Wildman–Crippen MR) is 120 cm³/mol. The molecule has 0 aliphatic rings. The van der Waals surface area contributed by atoms with Gasteiger partial charge in [0.25, 0.3) is 0 Å². The van der Waals surface area contributed by atoms with E-state index in [4.69, 9.17) is 24.7 Å². The van der Waals surface area contributed by atoms with E-state index in [0.717, 1.165) is 0 Å². The average Bonchev–Trinajstić information content (AvgIpc) is 2.67. The highest BCUT2D eigenvalue weighted by Crippen LogP contribution is 2.30. The van der Waals surface area contributed by atoms with Crippen molar-refractivity contribution in [2.45, 2.75) is 73.0 Å². The molecule has 0 aliphatic carbocycles. The highest BCUT2D eigenvalue weighted by molar-refractivity contribution is 5.77. The molecular formula is C24H35NO8. The molecule has 33 heavy (non-hydrogen) atoms. The van der Waals surface area contributed by atoms with Crippen LogP contribution < -0.4 is 15.2 Å². The van der Waals surface area contributed by atoms with Crippen molar-refractivity contribution in [3.05, 3.63) is 23.8 Å². The van der Waals surface area contributed by atoms with Crippen LogP contribution in [0, 0.1) is 11.8 Å². The molecule has 0 aromatic heterocycles. The molecule has 0 radical (unpaired) electrons. The number of carbonyl (C=O) groups excluding carboxylic acids is 4. The van der Waals surface area contributed by atoms with Gasteiger partial charge < -0.3 is 24.7 Å². The first kappa shape index (κ1) is 28.1. The van der Waals surface area contributed by atoms with Crippen molar-refractivity contribution >= 4 is 23.9 Å². The maximum absolute atomic E-state index is 12.3. The molecule has 1 aromatic rings. The Morgan fingerprint density at radius 1 is 0.879 bits per heavy atom. The molecule has 9 nitrogen and oxygen atoms in total. The molecule has 0 heterocycles. The minimum absolute atomic E-state index is 0.0693. The van der Waals surface area contributed by atoms with Crippen LogP contribution in [-0.4, -0.2) is 42.6 Å². The second-order valence-corrected chi connectivity index (χ2v) is 8.79. The molecule has 0 unspecified atom stereocenters. The van der Waals surface area contributed by atoms with Gasteiger partial charge in [0.2, 0.25) is 0 Å². The molecule has 2 atom stereocenters. The third-order valence-corrected chi connectivity index (χ3v) is 4.20. The van der Waals surface area contributed by atoms with Gasteiger partial charge in [-0.15, -0.1) is 0 Å². The zero-order chi connectivity index (χ0) is 25.1.